The fourth-order valence-corrected chi connectivity index (χ4v) is 3.96. The molecule has 1 heterocycles. The Balaban J connectivity index is 2.22. The van der Waals surface area contributed by atoms with Gasteiger partial charge in [0.25, 0.3) is 0 Å². The van der Waals surface area contributed by atoms with Crippen LogP contribution in [0.25, 0.3) is 0 Å². The number of hydrogen-bond donors (Lipinski definition) is 2. The summed E-state index contributed by atoms with van der Waals surface area (Å²) in [6.07, 6.45) is 9.60. The highest BCUT2D eigenvalue weighted by Crippen LogP contribution is 2.36. The van der Waals surface area contributed by atoms with Gasteiger partial charge in [-0.05, 0) is 56.1 Å². The highest BCUT2D eigenvalue weighted by atomic mass is 16.5. The first-order chi connectivity index (χ1) is 13.2. The van der Waals surface area contributed by atoms with Gasteiger partial charge >= 0.3 is 0 Å². The lowest BCUT2D eigenvalue weighted by molar-refractivity contribution is -0.0952. The molecular formula is C25H37NO2. The zero-order chi connectivity index (χ0) is 20.8. The van der Waals surface area contributed by atoms with Gasteiger partial charge in [-0.2, -0.15) is 0 Å². The molecule has 1 fully saturated rings. The molecule has 0 aliphatic carbocycles. The first-order valence-electron chi connectivity index (χ1n) is 10.3. The molecule has 3 nitrogen and oxygen atoms in total. The van der Waals surface area contributed by atoms with Crippen LogP contribution >= 0.6 is 0 Å². The van der Waals surface area contributed by atoms with E-state index in [9.17, 15) is 5.11 Å². The summed E-state index contributed by atoms with van der Waals surface area (Å²) in [6, 6.07) is 8.49. The topological polar surface area (TPSA) is 41.5 Å². The molecule has 0 radical (unpaired) electrons. The van der Waals surface area contributed by atoms with E-state index >= 15 is 0 Å². The van der Waals surface area contributed by atoms with Crippen LogP contribution in [0.15, 0.2) is 62.2 Å². The van der Waals surface area contributed by atoms with Crippen molar-refractivity contribution in [3.63, 3.8) is 0 Å². The van der Waals surface area contributed by atoms with Crippen LogP contribution in [-0.2, 0) is 11.2 Å². The number of ether oxygens (including phenoxy) is 1. The Morgan fingerprint density at radius 3 is 2.54 bits per heavy atom. The number of para-hydroxylation sites is 1. The number of hydrogen-bond acceptors (Lipinski definition) is 3. The monoisotopic (exact) mass is 383 g/mol. The average molecular weight is 384 g/mol. The number of rotatable bonds is 11. The molecule has 1 saturated heterocycles. The van der Waals surface area contributed by atoms with E-state index in [0.29, 0.717) is 6.42 Å². The van der Waals surface area contributed by atoms with Crippen molar-refractivity contribution in [2.45, 2.75) is 76.7 Å². The van der Waals surface area contributed by atoms with Crippen LogP contribution in [0.4, 0.5) is 5.69 Å². The lowest BCUT2D eigenvalue weighted by atomic mass is 9.83. The normalized spacial score (nSPS) is 22.9. The van der Waals surface area contributed by atoms with E-state index in [2.05, 4.69) is 63.2 Å². The molecule has 1 aromatic carbocycles. The lowest BCUT2D eigenvalue weighted by Crippen LogP contribution is -2.42. The number of anilines is 1. The van der Waals surface area contributed by atoms with E-state index in [1.54, 1.807) is 6.08 Å². The minimum atomic E-state index is -0.879. The number of nitrogens with one attached hydrogen (secondary N) is 1. The minimum absolute atomic E-state index is 0.0177. The van der Waals surface area contributed by atoms with E-state index in [0.717, 1.165) is 31.4 Å². The van der Waals surface area contributed by atoms with E-state index in [4.69, 9.17) is 4.74 Å². The van der Waals surface area contributed by atoms with Gasteiger partial charge in [0.1, 0.15) is 0 Å². The smallest absolute Gasteiger partial charge is 0.0914 e. The molecule has 1 aromatic rings. The summed E-state index contributed by atoms with van der Waals surface area (Å²) >= 11 is 0. The summed E-state index contributed by atoms with van der Waals surface area (Å²) in [6.45, 7) is 17.9. The van der Waals surface area contributed by atoms with Crippen molar-refractivity contribution in [3.05, 3.63) is 67.8 Å². The van der Waals surface area contributed by atoms with Gasteiger partial charge in [-0.15, -0.1) is 19.7 Å². The molecule has 2 rings (SSSR count). The van der Waals surface area contributed by atoms with Gasteiger partial charge in [-0.25, -0.2) is 0 Å². The first kappa shape index (κ1) is 22.4. The quantitative estimate of drug-likeness (QED) is 0.484. The van der Waals surface area contributed by atoms with E-state index < -0.39 is 5.60 Å². The SMILES string of the molecule is C=CCc1ccccc1N[C@H](CC(C)(C)C=C)[C@@H]1CC[C@@H]([C@](C)(O)CC=C)O1. The zero-order valence-corrected chi connectivity index (χ0v) is 17.8. The summed E-state index contributed by atoms with van der Waals surface area (Å²) in [7, 11) is 0. The van der Waals surface area contributed by atoms with Gasteiger partial charge in [0.05, 0.1) is 23.9 Å². The standard InChI is InChI=1S/C25H37NO2/c1-7-12-19-13-10-11-14-20(19)26-21(18-24(4,5)9-3)22-15-16-23(28-22)25(6,27)17-8-2/h7-11,13-14,21-23,26-27H,1-3,12,15-18H2,4-6H3/t21-,22+,23+,25-/m1/s1. The van der Waals surface area contributed by atoms with Crippen molar-refractivity contribution in [2.75, 3.05) is 5.32 Å². The van der Waals surface area contributed by atoms with Crippen LogP contribution in [-0.4, -0.2) is 29.0 Å². The van der Waals surface area contributed by atoms with Crippen LogP contribution in [0.1, 0.15) is 52.0 Å². The first-order valence-corrected chi connectivity index (χ1v) is 10.3. The van der Waals surface area contributed by atoms with Crippen molar-refractivity contribution in [1.29, 1.82) is 0 Å². The highest BCUT2D eigenvalue weighted by molar-refractivity contribution is 5.52. The highest BCUT2D eigenvalue weighted by Gasteiger charge is 2.41. The van der Waals surface area contributed by atoms with Crippen LogP contribution in [0.5, 0.6) is 0 Å². The fraction of sp³-hybridized carbons (Fsp3) is 0.520. The second-order valence-corrected chi connectivity index (χ2v) is 8.89. The summed E-state index contributed by atoms with van der Waals surface area (Å²) in [4.78, 5) is 0. The molecule has 154 valence electrons. The molecule has 0 aromatic heterocycles. The average Bonchev–Trinajstić information content (AvgIpc) is 3.14. The van der Waals surface area contributed by atoms with Crippen molar-refractivity contribution in [3.8, 4) is 0 Å². The van der Waals surface area contributed by atoms with Gasteiger partial charge in [-0.3, -0.25) is 0 Å². The van der Waals surface area contributed by atoms with Crippen molar-refractivity contribution < 1.29 is 9.84 Å². The summed E-state index contributed by atoms with van der Waals surface area (Å²) < 4.78 is 6.39. The van der Waals surface area contributed by atoms with Gasteiger partial charge in [0.15, 0.2) is 0 Å². The molecule has 28 heavy (non-hydrogen) atoms. The molecule has 0 spiro atoms. The minimum Gasteiger partial charge on any atom is -0.387 e. The molecule has 0 saturated carbocycles. The predicted octanol–water partition coefficient (Wildman–Crippen LogP) is 5.67. The largest absolute Gasteiger partial charge is 0.387 e. The van der Waals surface area contributed by atoms with Crippen LogP contribution in [0.3, 0.4) is 0 Å². The van der Waals surface area contributed by atoms with Crippen LogP contribution in [0, 0.1) is 5.41 Å². The van der Waals surface area contributed by atoms with Crippen LogP contribution < -0.4 is 5.32 Å². The summed E-state index contributed by atoms with van der Waals surface area (Å²) in [5, 5.41) is 14.5. The maximum atomic E-state index is 10.8. The molecule has 0 unspecified atom stereocenters. The fourth-order valence-electron chi connectivity index (χ4n) is 3.96. The van der Waals surface area contributed by atoms with Crippen molar-refractivity contribution in [2.24, 2.45) is 5.41 Å². The molecule has 0 amide bonds. The third kappa shape index (κ3) is 5.83. The lowest BCUT2D eigenvalue weighted by Gasteiger charge is -2.34. The number of aliphatic hydroxyl groups is 1. The number of benzene rings is 1. The van der Waals surface area contributed by atoms with E-state index in [-0.39, 0.29) is 23.7 Å². The van der Waals surface area contributed by atoms with Crippen molar-refractivity contribution in [1.82, 2.24) is 0 Å². The van der Waals surface area contributed by atoms with Gasteiger partial charge in [-0.1, -0.05) is 50.3 Å². The molecule has 1 aliphatic heterocycles. The van der Waals surface area contributed by atoms with Gasteiger partial charge in [0, 0.05) is 5.69 Å². The Morgan fingerprint density at radius 1 is 1.18 bits per heavy atom. The zero-order valence-electron chi connectivity index (χ0n) is 17.8. The van der Waals surface area contributed by atoms with Crippen molar-refractivity contribution >= 4 is 5.69 Å². The molecule has 0 bridgehead atoms. The Morgan fingerprint density at radius 2 is 1.89 bits per heavy atom. The summed E-state index contributed by atoms with van der Waals surface area (Å²) in [5.74, 6) is 0. The second-order valence-electron chi connectivity index (χ2n) is 8.89. The molecular weight excluding hydrogens is 346 g/mol. The van der Waals surface area contributed by atoms with E-state index in [1.165, 1.54) is 5.56 Å². The predicted molar refractivity (Wildman–Crippen MR) is 120 cm³/mol. The third-order valence-corrected chi connectivity index (χ3v) is 5.77. The molecule has 3 heteroatoms. The third-order valence-electron chi connectivity index (χ3n) is 5.77. The maximum absolute atomic E-state index is 10.8. The number of allylic oxidation sites excluding steroid dienone is 2. The summed E-state index contributed by atoms with van der Waals surface area (Å²) in [5.41, 5.74) is 1.45. The second kappa shape index (κ2) is 9.58. The molecule has 1 aliphatic rings. The molecule has 2 N–H and O–H groups in total. The Labute approximate surface area is 171 Å². The maximum Gasteiger partial charge on any atom is 0.0914 e. The Hall–Kier alpha value is -1.84. The Bertz CT molecular complexity index is 677. The van der Waals surface area contributed by atoms with Gasteiger partial charge < -0.3 is 15.2 Å². The Kier molecular flexibility index (Phi) is 7.68. The van der Waals surface area contributed by atoms with Gasteiger partial charge in [0.2, 0.25) is 0 Å². The van der Waals surface area contributed by atoms with Crippen LogP contribution in [0.2, 0.25) is 0 Å². The molecule has 4 atom stereocenters. The van der Waals surface area contributed by atoms with E-state index in [1.807, 2.05) is 19.1 Å².